The van der Waals surface area contributed by atoms with Gasteiger partial charge < -0.3 is 5.73 Å². The van der Waals surface area contributed by atoms with Crippen molar-refractivity contribution in [2.75, 3.05) is 0 Å². The molecule has 2 N–H and O–H groups in total. The van der Waals surface area contributed by atoms with Crippen molar-refractivity contribution in [1.82, 2.24) is 24.6 Å². The summed E-state index contributed by atoms with van der Waals surface area (Å²) in [4.78, 5) is 9.82. The number of hydrogen-bond donors (Lipinski definition) is 1. The van der Waals surface area contributed by atoms with E-state index in [4.69, 9.17) is 10.7 Å². The molecule has 4 aromatic heterocycles. The van der Waals surface area contributed by atoms with Crippen molar-refractivity contribution >= 4 is 16.7 Å². The predicted molar refractivity (Wildman–Crippen MR) is 147 cm³/mol. The molecule has 1 fully saturated rings. The molecule has 1 aliphatic rings. The van der Waals surface area contributed by atoms with Crippen molar-refractivity contribution in [2.45, 2.75) is 31.7 Å². The highest BCUT2D eigenvalue weighted by Gasteiger charge is 2.34. The van der Waals surface area contributed by atoms with E-state index in [9.17, 15) is 0 Å². The minimum Gasteiger partial charge on any atom is -0.321 e. The molecule has 0 spiro atoms. The Hall–Kier alpha value is -4.42. The highest BCUT2D eigenvalue weighted by Crippen LogP contribution is 2.40. The van der Waals surface area contributed by atoms with E-state index in [0.717, 1.165) is 63.2 Å². The third-order valence-corrected chi connectivity index (χ3v) is 7.64. The Bertz CT molecular complexity index is 1770. The predicted octanol–water partition coefficient (Wildman–Crippen LogP) is 6.32. The number of nitrogens with zero attached hydrogens (tertiary/aromatic N) is 5. The summed E-state index contributed by atoms with van der Waals surface area (Å²) in [6.45, 7) is 2.04. The van der Waals surface area contributed by atoms with Crippen molar-refractivity contribution in [3.8, 4) is 33.9 Å². The summed E-state index contributed by atoms with van der Waals surface area (Å²) >= 11 is 0. The lowest BCUT2D eigenvalue weighted by Crippen LogP contribution is -2.43. The zero-order chi connectivity index (χ0) is 25.0. The van der Waals surface area contributed by atoms with Crippen LogP contribution < -0.4 is 5.73 Å². The van der Waals surface area contributed by atoms with Gasteiger partial charge in [-0.25, -0.2) is 4.98 Å². The largest absolute Gasteiger partial charge is 0.321 e. The van der Waals surface area contributed by atoms with E-state index < -0.39 is 0 Å². The number of fused-ring (bicyclic) bond motifs is 3. The zero-order valence-corrected chi connectivity index (χ0v) is 20.6. The summed E-state index contributed by atoms with van der Waals surface area (Å²) < 4.78 is 2.06. The first-order valence-corrected chi connectivity index (χ1v) is 12.7. The fraction of sp³-hybridized carbons (Fsp3) is 0.161. The molecule has 1 saturated carbocycles. The number of pyridine rings is 3. The summed E-state index contributed by atoms with van der Waals surface area (Å²) in [5.41, 5.74) is 16.2. The van der Waals surface area contributed by atoms with Gasteiger partial charge in [0.2, 0.25) is 0 Å². The Morgan fingerprint density at radius 1 is 0.811 bits per heavy atom. The van der Waals surface area contributed by atoms with E-state index in [1.54, 1.807) is 6.20 Å². The molecule has 6 aromatic rings. The van der Waals surface area contributed by atoms with Crippen LogP contribution in [0.25, 0.3) is 50.6 Å². The van der Waals surface area contributed by atoms with Crippen molar-refractivity contribution < 1.29 is 0 Å². The van der Waals surface area contributed by atoms with Gasteiger partial charge in [0.05, 0.1) is 16.7 Å². The fourth-order valence-corrected chi connectivity index (χ4v) is 5.35. The summed E-state index contributed by atoms with van der Waals surface area (Å²) in [6, 6.07) is 29.2. The van der Waals surface area contributed by atoms with Gasteiger partial charge in [-0.05, 0) is 67.1 Å². The molecule has 37 heavy (non-hydrogen) atoms. The topological polar surface area (TPSA) is 82.0 Å². The van der Waals surface area contributed by atoms with Gasteiger partial charge in [0.15, 0.2) is 11.5 Å². The molecule has 6 nitrogen and oxygen atoms in total. The fourth-order valence-electron chi connectivity index (χ4n) is 5.35. The molecule has 180 valence electrons. The van der Waals surface area contributed by atoms with E-state index in [-0.39, 0.29) is 5.54 Å². The van der Waals surface area contributed by atoms with Crippen LogP contribution >= 0.6 is 0 Å². The third kappa shape index (κ3) is 3.52. The van der Waals surface area contributed by atoms with Gasteiger partial charge in [-0.15, -0.1) is 10.2 Å². The molecule has 6 heteroatoms. The maximum atomic E-state index is 6.59. The first kappa shape index (κ1) is 21.8. The molecule has 0 bridgehead atoms. The van der Waals surface area contributed by atoms with Crippen LogP contribution in [0.15, 0.2) is 91.1 Å². The lowest BCUT2D eigenvalue weighted by atomic mass is 9.72. The second-order valence-electron chi connectivity index (χ2n) is 9.96. The Morgan fingerprint density at radius 3 is 2.35 bits per heavy atom. The summed E-state index contributed by atoms with van der Waals surface area (Å²) in [6.07, 6.45) is 5.07. The van der Waals surface area contributed by atoms with E-state index in [2.05, 4.69) is 74.2 Å². The molecule has 1 aliphatic carbocycles. The van der Waals surface area contributed by atoms with Crippen LogP contribution in [0.4, 0.5) is 0 Å². The molecule has 0 atom stereocenters. The van der Waals surface area contributed by atoms with E-state index in [1.165, 1.54) is 12.0 Å². The minimum atomic E-state index is -0.183. The van der Waals surface area contributed by atoms with Crippen molar-refractivity contribution in [1.29, 1.82) is 0 Å². The smallest absolute Gasteiger partial charge is 0.187 e. The van der Waals surface area contributed by atoms with Crippen LogP contribution in [-0.4, -0.2) is 24.6 Å². The quantitative estimate of drug-likeness (QED) is 0.318. The summed E-state index contributed by atoms with van der Waals surface area (Å²) in [5.74, 6) is 0.713. The van der Waals surface area contributed by atoms with Crippen molar-refractivity contribution in [3.05, 3.63) is 102 Å². The van der Waals surface area contributed by atoms with Gasteiger partial charge in [0.25, 0.3) is 0 Å². The first-order chi connectivity index (χ1) is 18.1. The van der Waals surface area contributed by atoms with Crippen LogP contribution in [0.1, 0.15) is 30.4 Å². The van der Waals surface area contributed by atoms with Gasteiger partial charge >= 0.3 is 0 Å². The Balaban J connectivity index is 1.47. The highest BCUT2D eigenvalue weighted by molar-refractivity contribution is 5.92. The Labute approximate surface area is 214 Å². The lowest BCUT2D eigenvalue weighted by molar-refractivity contribution is 0.253. The van der Waals surface area contributed by atoms with Crippen molar-refractivity contribution in [3.63, 3.8) is 0 Å². The SMILES string of the molecule is Cc1cccnc1-c1nnc2ccc3nc(-c4ccc(C5(N)CCC5)cc4)c(-c4ccccc4)cc3n12. The number of rotatable bonds is 4. The number of benzene rings is 2. The highest BCUT2D eigenvalue weighted by atomic mass is 15.3. The van der Waals surface area contributed by atoms with Crippen LogP contribution in [0, 0.1) is 6.92 Å². The molecule has 0 radical (unpaired) electrons. The molecular weight excluding hydrogens is 456 g/mol. The molecule has 0 unspecified atom stereocenters. The normalized spacial score (nSPS) is 14.6. The molecule has 0 aliphatic heterocycles. The summed E-state index contributed by atoms with van der Waals surface area (Å²) in [7, 11) is 0. The van der Waals surface area contributed by atoms with Crippen LogP contribution in [0.3, 0.4) is 0 Å². The van der Waals surface area contributed by atoms with Gasteiger partial charge in [0, 0.05) is 22.9 Å². The standard InChI is InChI=1S/C31H26N6/c1-20-7-5-18-33-28(20)30-36-35-27-15-14-25-26(37(27)30)19-24(21-8-3-2-4-9-21)29(34-25)22-10-12-23(13-11-22)31(32)16-6-17-31/h2-5,7-15,18-19H,6,16-17,32H2,1H3. The minimum absolute atomic E-state index is 0.183. The number of aromatic nitrogens is 5. The molecule has 0 amide bonds. The Kier molecular flexibility index (Phi) is 4.91. The average Bonchev–Trinajstić information content (AvgIpc) is 3.36. The van der Waals surface area contributed by atoms with E-state index in [1.807, 2.05) is 37.3 Å². The van der Waals surface area contributed by atoms with Crippen LogP contribution in [-0.2, 0) is 5.54 Å². The van der Waals surface area contributed by atoms with Crippen LogP contribution in [0.2, 0.25) is 0 Å². The first-order valence-electron chi connectivity index (χ1n) is 12.7. The van der Waals surface area contributed by atoms with Gasteiger partial charge in [-0.2, -0.15) is 0 Å². The van der Waals surface area contributed by atoms with Gasteiger partial charge in [-0.3, -0.25) is 9.38 Å². The number of nitrogens with two attached hydrogens (primary N) is 1. The second-order valence-corrected chi connectivity index (χ2v) is 9.96. The molecule has 0 saturated heterocycles. The third-order valence-electron chi connectivity index (χ3n) is 7.64. The second kappa shape index (κ2) is 8.32. The van der Waals surface area contributed by atoms with Gasteiger partial charge in [-0.1, -0.05) is 60.7 Å². The average molecular weight is 483 g/mol. The number of aryl methyl sites for hydroxylation is 1. The molecule has 4 heterocycles. The zero-order valence-electron chi connectivity index (χ0n) is 20.6. The van der Waals surface area contributed by atoms with Crippen LogP contribution in [0.5, 0.6) is 0 Å². The number of hydrogen-bond acceptors (Lipinski definition) is 5. The van der Waals surface area contributed by atoms with E-state index >= 15 is 0 Å². The molecular formula is C31H26N6. The molecule has 2 aromatic carbocycles. The monoisotopic (exact) mass is 482 g/mol. The van der Waals surface area contributed by atoms with Gasteiger partial charge in [0.1, 0.15) is 5.69 Å². The van der Waals surface area contributed by atoms with E-state index in [0.29, 0.717) is 5.82 Å². The lowest BCUT2D eigenvalue weighted by Gasteiger charge is -2.38. The summed E-state index contributed by atoms with van der Waals surface area (Å²) in [5, 5.41) is 8.97. The van der Waals surface area contributed by atoms with Crippen molar-refractivity contribution in [2.24, 2.45) is 5.73 Å². The maximum Gasteiger partial charge on any atom is 0.187 e. The maximum absolute atomic E-state index is 6.59. The Morgan fingerprint density at radius 2 is 1.62 bits per heavy atom. The molecule has 7 rings (SSSR count).